The van der Waals surface area contributed by atoms with E-state index in [1.54, 1.807) is 71.3 Å². The topological polar surface area (TPSA) is 95.1 Å². The normalized spacial score (nSPS) is 10.7. The number of hydrogen-bond acceptors (Lipinski definition) is 5. The lowest BCUT2D eigenvalue weighted by atomic mass is 10.1. The highest BCUT2D eigenvalue weighted by Gasteiger charge is 2.26. The van der Waals surface area contributed by atoms with E-state index in [1.165, 1.54) is 14.2 Å². The highest BCUT2D eigenvalue weighted by Crippen LogP contribution is 2.32. The number of rotatable bonds is 6. The minimum atomic E-state index is -0.450. The molecule has 32 heavy (non-hydrogen) atoms. The molecule has 4 rings (SSSR count). The van der Waals surface area contributed by atoms with Gasteiger partial charge in [0.05, 0.1) is 31.0 Å². The first-order valence-electron chi connectivity index (χ1n) is 9.66. The van der Waals surface area contributed by atoms with Crippen molar-refractivity contribution in [3.8, 4) is 11.5 Å². The molecule has 7 nitrogen and oxygen atoms in total. The number of carbonyl (C=O) groups excluding carboxylic acids is 2. The molecule has 1 amide bonds. The lowest BCUT2D eigenvalue weighted by molar-refractivity contribution is 0.102. The van der Waals surface area contributed by atoms with E-state index in [9.17, 15) is 9.59 Å². The van der Waals surface area contributed by atoms with Crippen molar-refractivity contribution in [2.24, 2.45) is 0 Å². The molecular weight excluding hydrogens is 430 g/mol. The predicted molar refractivity (Wildman–Crippen MR) is 124 cm³/mol. The average molecular weight is 450 g/mol. The molecule has 0 radical (unpaired) electrons. The number of carbonyl (C=O) groups is 2. The lowest BCUT2D eigenvalue weighted by Crippen LogP contribution is -2.14. The second kappa shape index (κ2) is 8.64. The number of nitrogens with zero attached hydrogens (tertiary/aromatic N) is 1. The van der Waals surface area contributed by atoms with Crippen LogP contribution < -0.4 is 20.5 Å². The van der Waals surface area contributed by atoms with Crippen LogP contribution in [0.5, 0.6) is 11.5 Å². The Bertz CT molecular complexity index is 1330. The number of anilines is 2. The average Bonchev–Trinajstić information content (AvgIpc) is 3.10. The van der Waals surface area contributed by atoms with Crippen LogP contribution >= 0.6 is 11.6 Å². The van der Waals surface area contributed by atoms with Gasteiger partial charge in [-0.15, -0.1) is 0 Å². The number of halogens is 1. The quantitative estimate of drug-likeness (QED) is 0.417. The molecule has 2 aromatic heterocycles. The lowest BCUT2D eigenvalue weighted by Gasteiger charge is -2.10. The number of benzene rings is 2. The Labute approximate surface area is 189 Å². The zero-order valence-electron chi connectivity index (χ0n) is 17.4. The molecule has 3 N–H and O–H groups in total. The molecule has 0 unspecified atom stereocenters. The van der Waals surface area contributed by atoms with Gasteiger partial charge in [-0.1, -0.05) is 17.7 Å². The van der Waals surface area contributed by atoms with Crippen molar-refractivity contribution in [2.45, 2.75) is 0 Å². The Balaban J connectivity index is 1.77. The number of methoxy groups -OCH3 is 2. The molecule has 2 aromatic carbocycles. The third-order valence-corrected chi connectivity index (χ3v) is 5.32. The fourth-order valence-electron chi connectivity index (χ4n) is 3.54. The summed E-state index contributed by atoms with van der Waals surface area (Å²) in [5, 5.41) is 3.34. The van der Waals surface area contributed by atoms with E-state index in [1.807, 2.05) is 0 Å². The maximum Gasteiger partial charge on any atom is 0.259 e. The van der Waals surface area contributed by atoms with E-state index < -0.39 is 5.91 Å². The fourth-order valence-corrected chi connectivity index (χ4v) is 3.67. The number of nitrogens with two attached hydrogens (primary N) is 1. The zero-order valence-corrected chi connectivity index (χ0v) is 18.1. The Morgan fingerprint density at radius 3 is 2.38 bits per heavy atom. The molecule has 0 spiro atoms. The number of fused-ring (bicyclic) bond motifs is 1. The van der Waals surface area contributed by atoms with Gasteiger partial charge < -0.3 is 24.9 Å². The highest BCUT2D eigenvalue weighted by atomic mass is 35.5. The SMILES string of the molecule is COc1ccc(NC(=O)c2c(N)c(C(=O)c3ccc(Cl)cc3)n3ccccc23)cc1OC. The second-order valence-electron chi connectivity index (χ2n) is 6.95. The van der Waals surface area contributed by atoms with E-state index in [0.29, 0.717) is 33.3 Å². The molecule has 2 heterocycles. The summed E-state index contributed by atoms with van der Waals surface area (Å²) < 4.78 is 12.1. The number of nitrogen functional groups attached to an aromatic ring is 1. The van der Waals surface area contributed by atoms with Gasteiger partial charge in [0, 0.05) is 28.5 Å². The van der Waals surface area contributed by atoms with Gasteiger partial charge in [0.15, 0.2) is 11.5 Å². The number of hydrogen-bond donors (Lipinski definition) is 2. The van der Waals surface area contributed by atoms with Crippen LogP contribution in [0.3, 0.4) is 0 Å². The number of ketones is 1. The molecule has 162 valence electrons. The molecule has 0 saturated heterocycles. The van der Waals surface area contributed by atoms with Crippen molar-refractivity contribution in [3.63, 3.8) is 0 Å². The first-order valence-corrected chi connectivity index (χ1v) is 10.0. The van der Waals surface area contributed by atoms with Crippen LogP contribution in [0.25, 0.3) is 5.52 Å². The largest absolute Gasteiger partial charge is 0.493 e. The molecule has 0 bridgehead atoms. The molecule has 0 aliphatic rings. The van der Waals surface area contributed by atoms with Crippen LogP contribution in [-0.4, -0.2) is 30.3 Å². The molecule has 8 heteroatoms. The predicted octanol–water partition coefficient (Wildman–Crippen LogP) is 4.68. The van der Waals surface area contributed by atoms with Gasteiger partial charge in [-0.3, -0.25) is 9.59 Å². The maximum absolute atomic E-state index is 13.2. The summed E-state index contributed by atoms with van der Waals surface area (Å²) in [4.78, 5) is 26.4. The van der Waals surface area contributed by atoms with Gasteiger partial charge in [-0.25, -0.2) is 0 Å². The smallest absolute Gasteiger partial charge is 0.259 e. The Hall–Kier alpha value is -3.97. The van der Waals surface area contributed by atoms with Crippen molar-refractivity contribution in [1.29, 1.82) is 0 Å². The van der Waals surface area contributed by atoms with Crippen LogP contribution in [0, 0.1) is 0 Å². The number of aromatic nitrogens is 1. The molecule has 0 aliphatic carbocycles. The van der Waals surface area contributed by atoms with Gasteiger partial charge >= 0.3 is 0 Å². The van der Waals surface area contributed by atoms with Gasteiger partial charge in [0.25, 0.3) is 5.91 Å². The summed E-state index contributed by atoms with van der Waals surface area (Å²) in [5.74, 6) is 0.243. The third kappa shape index (κ3) is 3.74. The minimum Gasteiger partial charge on any atom is -0.493 e. The van der Waals surface area contributed by atoms with Crippen LogP contribution in [-0.2, 0) is 0 Å². The molecule has 0 fully saturated rings. The first kappa shape index (κ1) is 21.3. The van der Waals surface area contributed by atoms with Gasteiger partial charge in [-0.05, 0) is 48.5 Å². The fraction of sp³-hybridized carbons (Fsp3) is 0.0833. The molecule has 0 saturated carbocycles. The van der Waals surface area contributed by atoms with Crippen LogP contribution in [0.2, 0.25) is 5.02 Å². The molecule has 0 aliphatic heterocycles. The van der Waals surface area contributed by atoms with Gasteiger partial charge in [0.2, 0.25) is 5.78 Å². The maximum atomic E-state index is 13.2. The highest BCUT2D eigenvalue weighted by molar-refractivity contribution is 6.30. The standard InChI is InChI=1S/C24H20ClN3O4/c1-31-18-11-10-16(13-19(18)32-2)27-24(30)20-17-5-3-4-12-28(17)22(21(20)26)23(29)14-6-8-15(25)9-7-14/h3-13H,26H2,1-2H3,(H,27,30). The summed E-state index contributed by atoms with van der Waals surface area (Å²) in [6.07, 6.45) is 1.70. The van der Waals surface area contributed by atoms with Crippen molar-refractivity contribution in [3.05, 3.63) is 88.7 Å². The van der Waals surface area contributed by atoms with E-state index in [4.69, 9.17) is 26.8 Å². The molecular formula is C24H20ClN3O4. The van der Waals surface area contributed by atoms with Crippen molar-refractivity contribution < 1.29 is 19.1 Å². The Morgan fingerprint density at radius 2 is 1.69 bits per heavy atom. The number of pyridine rings is 1. The summed E-state index contributed by atoms with van der Waals surface area (Å²) >= 11 is 5.94. The van der Waals surface area contributed by atoms with Crippen LogP contribution in [0.4, 0.5) is 11.4 Å². The van der Waals surface area contributed by atoms with Crippen molar-refractivity contribution >= 4 is 40.2 Å². The van der Waals surface area contributed by atoms with Crippen LogP contribution in [0.1, 0.15) is 26.4 Å². The molecule has 0 atom stereocenters. The zero-order chi connectivity index (χ0) is 22.8. The van der Waals surface area contributed by atoms with E-state index in [0.717, 1.165) is 0 Å². The van der Waals surface area contributed by atoms with Gasteiger partial charge in [0.1, 0.15) is 5.69 Å². The Kier molecular flexibility index (Phi) is 5.75. The molecule has 4 aromatic rings. The Morgan fingerprint density at radius 1 is 0.969 bits per heavy atom. The van der Waals surface area contributed by atoms with Crippen molar-refractivity contribution in [1.82, 2.24) is 4.40 Å². The number of nitrogens with one attached hydrogen (secondary N) is 1. The van der Waals surface area contributed by atoms with E-state index >= 15 is 0 Å². The second-order valence-corrected chi connectivity index (χ2v) is 7.39. The van der Waals surface area contributed by atoms with Gasteiger partial charge in [-0.2, -0.15) is 0 Å². The third-order valence-electron chi connectivity index (χ3n) is 5.07. The number of amides is 1. The van der Waals surface area contributed by atoms with E-state index in [2.05, 4.69) is 5.32 Å². The first-order chi connectivity index (χ1) is 15.4. The van der Waals surface area contributed by atoms with Crippen LogP contribution in [0.15, 0.2) is 66.9 Å². The number of ether oxygens (including phenoxy) is 2. The van der Waals surface area contributed by atoms with Crippen molar-refractivity contribution in [2.75, 3.05) is 25.3 Å². The monoisotopic (exact) mass is 449 g/mol. The summed E-state index contributed by atoms with van der Waals surface area (Å²) in [5.41, 5.74) is 8.29. The summed E-state index contributed by atoms with van der Waals surface area (Å²) in [6, 6.07) is 16.8. The summed E-state index contributed by atoms with van der Waals surface area (Å²) in [6.45, 7) is 0. The minimum absolute atomic E-state index is 0.0918. The summed E-state index contributed by atoms with van der Waals surface area (Å²) in [7, 11) is 3.04. The van der Waals surface area contributed by atoms with E-state index in [-0.39, 0.29) is 22.7 Å².